The van der Waals surface area contributed by atoms with Crippen molar-refractivity contribution in [1.82, 2.24) is 0 Å². The Morgan fingerprint density at radius 2 is 1.90 bits per heavy atom. The molecule has 6 heteroatoms. The molecular weight excluding hydrogens is 270 g/mol. The van der Waals surface area contributed by atoms with Gasteiger partial charge in [-0.2, -0.15) is 0 Å². The molecule has 0 spiro atoms. The number of carbonyl (C=O) groups is 2. The SMILES string of the molecule is NC=NCCCCC(=O)Nc1ccc(CCC(=O)O)cc1. The Morgan fingerprint density at radius 3 is 2.52 bits per heavy atom. The van der Waals surface area contributed by atoms with Gasteiger partial charge in [0.05, 0.1) is 6.34 Å². The summed E-state index contributed by atoms with van der Waals surface area (Å²) < 4.78 is 0. The van der Waals surface area contributed by atoms with Crippen LogP contribution in [0.25, 0.3) is 0 Å². The molecule has 1 aromatic rings. The van der Waals surface area contributed by atoms with E-state index in [4.69, 9.17) is 10.8 Å². The predicted octanol–water partition coefficient (Wildman–Crippen LogP) is 1.80. The quantitative estimate of drug-likeness (QED) is 0.366. The van der Waals surface area contributed by atoms with Gasteiger partial charge in [0.15, 0.2) is 0 Å². The lowest BCUT2D eigenvalue weighted by atomic mass is 10.1. The molecule has 4 N–H and O–H groups in total. The number of anilines is 1. The third-order valence-corrected chi connectivity index (χ3v) is 2.91. The minimum atomic E-state index is -0.814. The molecule has 0 aliphatic rings. The largest absolute Gasteiger partial charge is 0.481 e. The molecule has 0 heterocycles. The number of hydrogen-bond donors (Lipinski definition) is 3. The molecule has 0 saturated heterocycles. The average Bonchev–Trinajstić information content (AvgIpc) is 2.46. The first kappa shape index (κ1) is 16.7. The highest BCUT2D eigenvalue weighted by Crippen LogP contribution is 2.12. The van der Waals surface area contributed by atoms with Crippen molar-refractivity contribution in [3.05, 3.63) is 29.8 Å². The molecule has 21 heavy (non-hydrogen) atoms. The molecule has 0 bridgehead atoms. The van der Waals surface area contributed by atoms with Crippen LogP contribution in [-0.2, 0) is 16.0 Å². The first-order valence-electron chi connectivity index (χ1n) is 6.92. The maximum atomic E-state index is 11.7. The van der Waals surface area contributed by atoms with Crippen LogP contribution in [0.3, 0.4) is 0 Å². The number of aliphatic imine (C=N–C) groups is 1. The zero-order chi connectivity index (χ0) is 15.5. The molecule has 114 valence electrons. The minimum Gasteiger partial charge on any atom is -0.481 e. The maximum absolute atomic E-state index is 11.7. The van der Waals surface area contributed by atoms with E-state index < -0.39 is 5.97 Å². The first-order chi connectivity index (χ1) is 10.1. The summed E-state index contributed by atoms with van der Waals surface area (Å²) >= 11 is 0. The molecule has 0 atom stereocenters. The van der Waals surface area contributed by atoms with Crippen LogP contribution in [0.4, 0.5) is 5.69 Å². The second-order valence-electron chi connectivity index (χ2n) is 4.65. The number of unbranched alkanes of at least 4 members (excludes halogenated alkanes) is 1. The van der Waals surface area contributed by atoms with Crippen molar-refractivity contribution in [2.75, 3.05) is 11.9 Å². The van der Waals surface area contributed by atoms with Crippen LogP contribution in [0.5, 0.6) is 0 Å². The lowest BCUT2D eigenvalue weighted by molar-refractivity contribution is -0.137. The second-order valence-corrected chi connectivity index (χ2v) is 4.65. The van der Waals surface area contributed by atoms with Crippen LogP contribution >= 0.6 is 0 Å². The van der Waals surface area contributed by atoms with E-state index in [0.29, 0.717) is 19.4 Å². The van der Waals surface area contributed by atoms with Crippen LogP contribution in [0.15, 0.2) is 29.3 Å². The van der Waals surface area contributed by atoms with Crippen LogP contribution in [0.1, 0.15) is 31.2 Å². The Kier molecular flexibility index (Phi) is 7.56. The van der Waals surface area contributed by atoms with E-state index in [1.165, 1.54) is 6.34 Å². The van der Waals surface area contributed by atoms with E-state index in [-0.39, 0.29) is 12.3 Å². The van der Waals surface area contributed by atoms with Crippen LogP contribution in [0.2, 0.25) is 0 Å². The van der Waals surface area contributed by atoms with Gasteiger partial charge in [-0.1, -0.05) is 12.1 Å². The summed E-state index contributed by atoms with van der Waals surface area (Å²) in [5.41, 5.74) is 6.78. The van der Waals surface area contributed by atoms with Crippen molar-refractivity contribution in [1.29, 1.82) is 0 Å². The third kappa shape index (κ3) is 7.71. The summed E-state index contributed by atoms with van der Waals surface area (Å²) in [6, 6.07) is 7.23. The smallest absolute Gasteiger partial charge is 0.303 e. The molecule has 0 saturated carbocycles. The zero-order valence-corrected chi connectivity index (χ0v) is 11.9. The van der Waals surface area contributed by atoms with Gasteiger partial charge < -0.3 is 16.2 Å². The number of hydrogen-bond acceptors (Lipinski definition) is 3. The number of aliphatic carboxylic acids is 1. The van der Waals surface area contributed by atoms with E-state index in [9.17, 15) is 9.59 Å². The molecule has 0 unspecified atom stereocenters. The van der Waals surface area contributed by atoms with Gasteiger partial charge in [0.1, 0.15) is 0 Å². The number of benzene rings is 1. The summed E-state index contributed by atoms with van der Waals surface area (Å²) in [4.78, 5) is 26.0. The number of nitrogens with two attached hydrogens (primary N) is 1. The van der Waals surface area contributed by atoms with Gasteiger partial charge >= 0.3 is 5.97 Å². The van der Waals surface area contributed by atoms with Crippen molar-refractivity contribution in [2.24, 2.45) is 10.7 Å². The van der Waals surface area contributed by atoms with Crippen molar-refractivity contribution in [3.63, 3.8) is 0 Å². The molecule has 1 amide bonds. The van der Waals surface area contributed by atoms with E-state index in [1.54, 1.807) is 12.1 Å². The maximum Gasteiger partial charge on any atom is 0.303 e. The molecule has 1 aromatic carbocycles. The lowest BCUT2D eigenvalue weighted by Crippen LogP contribution is -2.11. The molecule has 0 fully saturated rings. The van der Waals surface area contributed by atoms with Gasteiger partial charge in [-0.15, -0.1) is 0 Å². The monoisotopic (exact) mass is 291 g/mol. The number of carboxylic acid groups (broad SMARTS) is 1. The number of carbonyl (C=O) groups excluding carboxylic acids is 1. The Morgan fingerprint density at radius 1 is 1.19 bits per heavy atom. The van der Waals surface area contributed by atoms with Crippen molar-refractivity contribution >= 4 is 23.9 Å². The van der Waals surface area contributed by atoms with Gasteiger partial charge in [0, 0.05) is 25.1 Å². The number of rotatable bonds is 9. The van der Waals surface area contributed by atoms with E-state index in [0.717, 1.165) is 24.1 Å². The Bertz CT molecular complexity index is 483. The fourth-order valence-corrected chi connectivity index (χ4v) is 1.79. The highest BCUT2D eigenvalue weighted by molar-refractivity contribution is 5.90. The molecule has 6 nitrogen and oxygen atoms in total. The Balaban J connectivity index is 2.30. The Labute approximate surface area is 124 Å². The number of nitrogens with zero attached hydrogens (tertiary/aromatic N) is 1. The van der Waals surface area contributed by atoms with Gasteiger partial charge in [0.2, 0.25) is 5.91 Å². The van der Waals surface area contributed by atoms with Crippen LogP contribution in [-0.4, -0.2) is 29.9 Å². The summed E-state index contributed by atoms with van der Waals surface area (Å²) in [5.74, 6) is -0.851. The van der Waals surface area contributed by atoms with Gasteiger partial charge in [0.25, 0.3) is 0 Å². The summed E-state index contributed by atoms with van der Waals surface area (Å²) in [6.45, 7) is 0.641. The van der Waals surface area contributed by atoms with E-state index in [2.05, 4.69) is 10.3 Å². The minimum absolute atomic E-state index is 0.0370. The van der Waals surface area contributed by atoms with E-state index in [1.807, 2.05) is 12.1 Å². The van der Waals surface area contributed by atoms with Crippen molar-refractivity contribution in [3.8, 4) is 0 Å². The van der Waals surface area contributed by atoms with Gasteiger partial charge in [-0.05, 0) is 37.0 Å². The molecule has 1 rings (SSSR count). The van der Waals surface area contributed by atoms with Gasteiger partial charge in [-0.3, -0.25) is 14.6 Å². The topological polar surface area (TPSA) is 105 Å². The summed E-state index contributed by atoms with van der Waals surface area (Å²) in [6.07, 6.45) is 3.91. The molecule has 0 aliphatic heterocycles. The standard InChI is InChI=1S/C15H21N3O3/c16-11-17-10-2-1-3-14(19)18-13-7-4-12(5-8-13)6-9-15(20)21/h4-5,7-8,11H,1-3,6,9-10H2,(H2,16,17)(H,18,19)(H,20,21). The Hall–Kier alpha value is -2.37. The lowest BCUT2D eigenvalue weighted by Gasteiger charge is -2.06. The van der Waals surface area contributed by atoms with Crippen molar-refractivity contribution in [2.45, 2.75) is 32.1 Å². The first-order valence-corrected chi connectivity index (χ1v) is 6.92. The highest BCUT2D eigenvalue weighted by atomic mass is 16.4. The average molecular weight is 291 g/mol. The summed E-state index contributed by atoms with van der Waals surface area (Å²) in [7, 11) is 0. The number of nitrogens with one attached hydrogen (secondary N) is 1. The number of aryl methyl sites for hydroxylation is 1. The molecule has 0 aliphatic carbocycles. The van der Waals surface area contributed by atoms with Crippen molar-refractivity contribution < 1.29 is 14.7 Å². The fourth-order valence-electron chi connectivity index (χ4n) is 1.79. The normalized spacial score (nSPS) is 10.7. The van der Waals surface area contributed by atoms with Gasteiger partial charge in [-0.25, -0.2) is 0 Å². The molecule has 0 aromatic heterocycles. The number of amides is 1. The number of carboxylic acids is 1. The molecular formula is C15H21N3O3. The third-order valence-electron chi connectivity index (χ3n) is 2.91. The predicted molar refractivity (Wildman–Crippen MR) is 82.4 cm³/mol. The highest BCUT2D eigenvalue weighted by Gasteiger charge is 2.03. The summed E-state index contributed by atoms with van der Waals surface area (Å²) in [5, 5.41) is 11.4. The fraction of sp³-hybridized carbons (Fsp3) is 0.400. The molecule has 0 radical (unpaired) electrons. The van der Waals surface area contributed by atoms with Crippen LogP contribution < -0.4 is 11.1 Å². The van der Waals surface area contributed by atoms with Crippen LogP contribution in [0, 0.1) is 0 Å². The zero-order valence-electron chi connectivity index (χ0n) is 11.9. The second kappa shape index (κ2) is 9.52. The van der Waals surface area contributed by atoms with E-state index >= 15 is 0 Å².